The molecule has 8 rings (SSSR count). The molecule has 0 radical (unpaired) electrons. The van der Waals surface area contributed by atoms with Crippen LogP contribution in [0.3, 0.4) is 0 Å². The van der Waals surface area contributed by atoms with Crippen molar-refractivity contribution in [1.82, 2.24) is 15.0 Å². The molecule has 0 atom stereocenters. The van der Waals surface area contributed by atoms with E-state index in [0.29, 0.717) is 5.82 Å². The minimum absolute atomic E-state index is 0.706. The fraction of sp³-hybridized carbons (Fsp3) is 0. The lowest BCUT2D eigenvalue weighted by Gasteiger charge is -2.14. The summed E-state index contributed by atoms with van der Waals surface area (Å²) in [6, 6.07) is 57.2. The number of hydrogen-bond acceptors (Lipinski definition) is 3. The van der Waals surface area contributed by atoms with Crippen molar-refractivity contribution in [2.45, 2.75) is 0 Å². The first-order valence-corrected chi connectivity index (χ1v) is 15.4. The Hall–Kier alpha value is -6.19. The standard InChI is InChI=1S/C43H29N3/c1-3-11-30(12-4-1)34-15-9-16-35(27-34)41-28-42(46-43(45-41)33-13-5-2-6-14-33)40-25-24-37(38-18-7-8-19-39(38)40)32-22-20-31(21-23-32)36-17-10-26-44-29-36/h1-29H. The fourth-order valence-corrected chi connectivity index (χ4v) is 6.09. The molecule has 0 spiro atoms. The number of fused-ring (bicyclic) bond motifs is 1. The number of nitrogens with zero attached hydrogens (tertiary/aromatic N) is 3. The summed E-state index contributed by atoms with van der Waals surface area (Å²) in [6.07, 6.45) is 3.70. The minimum Gasteiger partial charge on any atom is -0.264 e. The van der Waals surface area contributed by atoms with E-state index < -0.39 is 0 Å². The Morgan fingerprint density at radius 1 is 0.326 bits per heavy atom. The van der Waals surface area contributed by atoms with Gasteiger partial charge in [-0.2, -0.15) is 0 Å². The third kappa shape index (κ3) is 5.36. The molecular weight excluding hydrogens is 558 g/mol. The van der Waals surface area contributed by atoms with Crippen LogP contribution in [0.1, 0.15) is 0 Å². The Balaban J connectivity index is 1.26. The number of benzene rings is 6. The molecule has 216 valence electrons. The van der Waals surface area contributed by atoms with Gasteiger partial charge in [-0.3, -0.25) is 4.98 Å². The maximum atomic E-state index is 5.16. The van der Waals surface area contributed by atoms with Crippen molar-refractivity contribution < 1.29 is 0 Å². The van der Waals surface area contributed by atoms with Gasteiger partial charge in [-0.05, 0) is 62.4 Å². The fourth-order valence-electron chi connectivity index (χ4n) is 6.09. The van der Waals surface area contributed by atoms with Crippen LogP contribution in [0.4, 0.5) is 0 Å². The molecule has 0 aliphatic carbocycles. The van der Waals surface area contributed by atoms with Gasteiger partial charge in [0.1, 0.15) is 0 Å². The first-order chi connectivity index (χ1) is 22.8. The van der Waals surface area contributed by atoms with Crippen LogP contribution in [-0.4, -0.2) is 15.0 Å². The summed E-state index contributed by atoms with van der Waals surface area (Å²) in [4.78, 5) is 14.5. The summed E-state index contributed by atoms with van der Waals surface area (Å²) < 4.78 is 0. The lowest BCUT2D eigenvalue weighted by molar-refractivity contribution is 1.18. The largest absolute Gasteiger partial charge is 0.264 e. The zero-order valence-corrected chi connectivity index (χ0v) is 25.1. The van der Waals surface area contributed by atoms with Gasteiger partial charge in [-0.1, -0.05) is 146 Å². The van der Waals surface area contributed by atoms with E-state index in [1.165, 1.54) is 22.1 Å². The third-order valence-electron chi connectivity index (χ3n) is 8.41. The van der Waals surface area contributed by atoms with E-state index in [1.807, 2.05) is 36.5 Å². The van der Waals surface area contributed by atoms with E-state index in [-0.39, 0.29) is 0 Å². The topological polar surface area (TPSA) is 38.7 Å². The maximum absolute atomic E-state index is 5.16. The maximum Gasteiger partial charge on any atom is 0.160 e. The van der Waals surface area contributed by atoms with Crippen LogP contribution in [0.15, 0.2) is 176 Å². The van der Waals surface area contributed by atoms with Crippen LogP contribution < -0.4 is 0 Å². The molecule has 0 bridgehead atoms. The van der Waals surface area contributed by atoms with E-state index in [2.05, 4.69) is 138 Å². The molecule has 0 amide bonds. The normalized spacial score (nSPS) is 11.0. The summed E-state index contributed by atoms with van der Waals surface area (Å²) in [7, 11) is 0. The average molecular weight is 588 g/mol. The molecule has 0 aliphatic heterocycles. The number of pyridine rings is 1. The SMILES string of the molecule is c1ccc(-c2cccc(-c3cc(-c4ccc(-c5ccc(-c6cccnc6)cc5)c5ccccc45)nc(-c4ccccc4)n3)c2)cc1. The first-order valence-electron chi connectivity index (χ1n) is 15.4. The third-order valence-corrected chi connectivity index (χ3v) is 8.41. The van der Waals surface area contributed by atoms with Gasteiger partial charge in [0.15, 0.2) is 5.82 Å². The molecule has 2 heterocycles. The molecule has 3 nitrogen and oxygen atoms in total. The second kappa shape index (κ2) is 12.1. The minimum atomic E-state index is 0.706. The Bertz CT molecular complexity index is 2280. The van der Waals surface area contributed by atoms with E-state index in [0.717, 1.165) is 50.2 Å². The molecule has 8 aromatic rings. The zero-order chi connectivity index (χ0) is 30.7. The van der Waals surface area contributed by atoms with E-state index in [1.54, 1.807) is 6.20 Å². The average Bonchev–Trinajstić information content (AvgIpc) is 3.15. The zero-order valence-electron chi connectivity index (χ0n) is 25.1. The quantitative estimate of drug-likeness (QED) is 0.194. The van der Waals surface area contributed by atoms with E-state index in [4.69, 9.17) is 9.97 Å². The van der Waals surface area contributed by atoms with Crippen LogP contribution in [0, 0.1) is 0 Å². The highest BCUT2D eigenvalue weighted by atomic mass is 14.9. The highest BCUT2D eigenvalue weighted by Crippen LogP contribution is 2.37. The van der Waals surface area contributed by atoms with Gasteiger partial charge in [0.25, 0.3) is 0 Å². The Kier molecular flexibility index (Phi) is 7.18. The van der Waals surface area contributed by atoms with Crippen molar-refractivity contribution in [3.8, 4) is 67.3 Å². The molecule has 46 heavy (non-hydrogen) atoms. The van der Waals surface area contributed by atoms with Crippen molar-refractivity contribution >= 4 is 10.8 Å². The first kappa shape index (κ1) is 27.4. The lowest BCUT2D eigenvalue weighted by Crippen LogP contribution is -1.97. The molecule has 0 N–H and O–H groups in total. The number of hydrogen-bond donors (Lipinski definition) is 0. The van der Waals surface area contributed by atoms with Gasteiger partial charge in [0.2, 0.25) is 0 Å². The van der Waals surface area contributed by atoms with E-state index in [9.17, 15) is 0 Å². The molecule has 0 saturated heterocycles. The molecule has 3 heteroatoms. The van der Waals surface area contributed by atoms with Crippen molar-refractivity contribution in [1.29, 1.82) is 0 Å². The Labute approximate surface area is 268 Å². The monoisotopic (exact) mass is 587 g/mol. The van der Waals surface area contributed by atoms with Crippen LogP contribution in [-0.2, 0) is 0 Å². The number of rotatable bonds is 6. The lowest BCUT2D eigenvalue weighted by atomic mass is 9.92. The van der Waals surface area contributed by atoms with Gasteiger partial charge >= 0.3 is 0 Å². The van der Waals surface area contributed by atoms with Crippen LogP contribution in [0.25, 0.3) is 78.1 Å². The molecular formula is C43H29N3. The smallest absolute Gasteiger partial charge is 0.160 e. The van der Waals surface area contributed by atoms with Gasteiger partial charge in [0.05, 0.1) is 11.4 Å². The van der Waals surface area contributed by atoms with Gasteiger partial charge in [0, 0.05) is 29.1 Å². The van der Waals surface area contributed by atoms with Crippen molar-refractivity contribution in [2.24, 2.45) is 0 Å². The van der Waals surface area contributed by atoms with Crippen LogP contribution >= 0.6 is 0 Å². The Morgan fingerprint density at radius 2 is 0.891 bits per heavy atom. The Morgan fingerprint density at radius 3 is 1.63 bits per heavy atom. The predicted molar refractivity (Wildman–Crippen MR) is 190 cm³/mol. The molecule has 2 aromatic heterocycles. The summed E-state index contributed by atoms with van der Waals surface area (Å²) in [6.45, 7) is 0. The van der Waals surface area contributed by atoms with Gasteiger partial charge in [-0.25, -0.2) is 9.97 Å². The molecule has 6 aromatic carbocycles. The molecule has 0 unspecified atom stereocenters. The molecule has 0 fully saturated rings. The second-order valence-electron chi connectivity index (χ2n) is 11.3. The highest BCUT2D eigenvalue weighted by molar-refractivity contribution is 6.05. The summed E-state index contributed by atoms with van der Waals surface area (Å²) >= 11 is 0. The van der Waals surface area contributed by atoms with Gasteiger partial charge in [-0.15, -0.1) is 0 Å². The van der Waals surface area contributed by atoms with Crippen molar-refractivity contribution in [2.75, 3.05) is 0 Å². The second-order valence-corrected chi connectivity index (χ2v) is 11.3. The predicted octanol–water partition coefficient (Wildman–Crippen LogP) is 11.0. The molecule has 0 aliphatic rings. The molecule has 0 saturated carbocycles. The van der Waals surface area contributed by atoms with Crippen molar-refractivity contribution in [3.63, 3.8) is 0 Å². The van der Waals surface area contributed by atoms with Crippen LogP contribution in [0.2, 0.25) is 0 Å². The van der Waals surface area contributed by atoms with Gasteiger partial charge < -0.3 is 0 Å². The van der Waals surface area contributed by atoms with Crippen molar-refractivity contribution in [3.05, 3.63) is 176 Å². The summed E-state index contributed by atoms with van der Waals surface area (Å²) in [5.41, 5.74) is 11.8. The number of aromatic nitrogens is 3. The summed E-state index contributed by atoms with van der Waals surface area (Å²) in [5, 5.41) is 2.33. The van der Waals surface area contributed by atoms with E-state index >= 15 is 0 Å². The van der Waals surface area contributed by atoms with Crippen LogP contribution in [0.5, 0.6) is 0 Å². The highest BCUT2D eigenvalue weighted by Gasteiger charge is 2.15. The summed E-state index contributed by atoms with van der Waals surface area (Å²) in [5.74, 6) is 0.706.